The molecule has 170 valence electrons. The first-order valence-corrected chi connectivity index (χ1v) is 11.2. The molecule has 1 atom stereocenters. The molecule has 1 N–H and O–H groups in total. The summed E-state index contributed by atoms with van der Waals surface area (Å²) in [7, 11) is 1.62. The van der Waals surface area contributed by atoms with Crippen LogP contribution in [0.1, 0.15) is 44.6 Å². The van der Waals surface area contributed by atoms with E-state index in [1.54, 1.807) is 18.9 Å². The molecule has 1 fully saturated rings. The van der Waals surface area contributed by atoms with E-state index in [4.69, 9.17) is 14.2 Å². The minimum atomic E-state index is -0.564. The quantitative estimate of drug-likeness (QED) is 0.678. The first-order valence-electron chi connectivity index (χ1n) is 11.2. The number of benzene rings is 2. The molecule has 7 heteroatoms. The van der Waals surface area contributed by atoms with Gasteiger partial charge >= 0.3 is 0 Å². The monoisotopic (exact) mass is 438 g/mol. The number of hydrogen-bond donors (Lipinski definition) is 1. The number of fused-ring (bicyclic) bond motifs is 1. The third-order valence-corrected chi connectivity index (χ3v) is 5.95. The van der Waals surface area contributed by atoms with Crippen LogP contribution in [0.25, 0.3) is 0 Å². The number of carbonyl (C=O) groups excluding carboxylic acids is 2. The lowest BCUT2D eigenvalue weighted by molar-refractivity contribution is -0.125. The number of methoxy groups -OCH3 is 1. The van der Waals surface area contributed by atoms with E-state index in [0.717, 1.165) is 24.2 Å². The fraction of sp³-hybridized carbons (Fsp3) is 0.440. The van der Waals surface area contributed by atoms with E-state index in [2.05, 4.69) is 5.32 Å². The van der Waals surface area contributed by atoms with E-state index in [-0.39, 0.29) is 24.3 Å². The molecule has 0 radical (unpaired) electrons. The standard InChI is InChI=1S/C25H30N2O5/c1-17-25(29)27(20-9-5-6-10-21(20)31-17)14-13-24(28)26-16-18-11-12-22(23(15-18)30-2)32-19-7-3-4-8-19/h5-6,9-12,15,17,19H,3-4,7-8,13-14,16H2,1-2H3,(H,26,28)/t17-/m0/s1. The Balaban J connectivity index is 1.32. The van der Waals surface area contributed by atoms with Crippen molar-refractivity contribution >= 4 is 17.5 Å². The minimum absolute atomic E-state index is 0.125. The zero-order chi connectivity index (χ0) is 22.5. The van der Waals surface area contributed by atoms with E-state index in [1.807, 2.05) is 42.5 Å². The van der Waals surface area contributed by atoms with E-state index in [1.165, 1.54) is 12.8 Å². The number of carbonyl (C=O) groups is 2. The Bertz CT molecular complexity index is 971. The van der Waals surface area contributed by atoms with Crippen LogP contribution in [0.2, 0.25) is 0 Å². The number of ether oxygens (including phenoxy) is 3. The Kier molecular flexibility index (Phi) is 6.83. The lowest BCUT2D eigenvalue weighted by Gasteiger charge is -2.32. The molecule has 4 rings (SSSR count). The summed E-state index contributed by atoms with van der Waals surface area (Å²) >= 11 is 0. The molecule has 2 aromatic rings. The zero-order valence-corrected chi connectivity index (χ0v) is 18.6. The number of nitrogens with one attached hydrogen (secondary N) is 1. The van der Waals surface area contributed by atoms with Crippen molar-refractivity contribution in [2.75, 3.05) is 18.6 Å². The molecule has 1 heterocycles. The Morgan fingerprint density at radius 2 is 1.94 bits per heavy atom. The van der Waals surface area contributed by atoms with Crippen LogP contribution in [0.4, 0.5) is 5.69 Å². The van der Waals surface area contributed by atoms with Crippen molar-refractivity contribution in [3.05, 3.63) is 48.0 Å². The number of nitrogens with zero attached hydrogens (tertiary/aromatic N) is 1. The SMILES string of the molecule is COc1cc(CNC(=O)CCN2C(=O)[C@H](C)Oc3ccccc32)ccc1OC1CCCC1. The Hall–Kier alpha value is -3.22. The fourth-order valence-electron chi connectivity index (χ4n) is 4.20. The molecule has 0 aromatic heterocycles. The molecule has 0 saturated heterocycles. The van der Waals surface area contributed by atoms with Crippen LogP contribution in [0, 0.1) is 0 Å². The summed E-state index contributed by atoms with van der Waals surface area (Å²) in [5.41, 5.74) is 1.63. The van der Waals surface area contributed by atoms with E-state index in [9.17, 15) is 9.59 Å². The largest absolute Gasteiger partial charge is 0.493 e. The highest BCUT2D eigenvalue weighted by Crippen LogP contribution is 2.34. The average Bonchev–Trinajstić information content (AvgIpc) is 3.32. The molecule has 2 aliphatic rings. The maximum absolute atomic E-state index is 12.5. The van der Waals surface area contributed by atoms with Crippen LogP contribution in [-0.4, -0.2) is 37.7 Å². The second-order valence-electron chi connectivity index (χ2n) is 8.25. The molecule has 2 aromatic carbocycles. The van der Waals surface area contributed by atoms with Crippen LogP contribution in [-0.2, 0) is 16.1 Å². The van der Waals surface area contributed by atoms with Crippen LogP contribution < -0.4 is 24.4 Å². The van der Waals surface area contributed by atoms with Gasteiger partial charge in [0.1, 0.15) is 5.75 Å². The van der Waals surface area contributed by atoms with Crippen LogP contribution in [0.5, 0.6) is 17.2 Å². The van der Waals surface area contributed by atoms with Crippen molar-refractivity contribution in [1.82, 2.24) is 5.32 Å². The number of para-hydroxylation sites is 2. The first-order chi connectivity index (χ1) is 15.5. The summed E-state index contributed by atoms with van der Waals surface area (Å²) in [5.74, 6) is 1.81. The van der Waals surface area contributed by atoms with Gasteiger partial charge in [0.2, 0.25) is 5.91 Å². The predicted octanol–water partition coefficient (Wildman–Crippen LogP) is 3.84. The molecule has 0 unspecified atom stereocenters. The molecule has 0 spiro atoms. The van der Waals surface area contributed by atoms with Gasteiger partial charge in [0.15, 0.2) is 17.6 Å². The summed E-state index contributed by atoms with van der Waals surface area (Å²) in [6.45, 7) is 2.40. The Morgan fingerprint density at radius 1 is 1.16 bits per heavy atom. The molecular formula is C25H30N2O5. The summed E-state index contributed by atoms with van der Waals surface area (Å²) in [5, 5.41) is 2.93. The lowest BCUT2D eigenvalue weighted by atomic mass is 10.1. The number of rotatable bonds is 8. The third-order valence-electron chi connectivity index (χ3n) is 5.95. The van der Waals surface area contributed by atoms with Crippen molar-refractivity contribution < 1.29 is 23.8 Å². The number of amides is 2. The van der Waals surface area contributed by atoms with Crippen molar-refractivity contribution in [3.8, 4) is 17.2 Å². The van der Waals surface area contributed by atoms with Gasteiger partial charge < -0.3 is 24.4 Å². The van der Waals surface area contributed by atoms with Crippen molar-refractivity contribution in [1.29, 1.82) is 0 Å². The van der Waals surface area contributed by atoms with Crippen molar-refractivity contribution in [3.63, 3.8) is 0 Å². The smallest absolute Gasteiger partial charge is 0.267 e. The second kappa shape index (κ2) is 9.94. The minimum Gasteiger partial charge on any atom is -0.493 e. The first kappa shape index (κ1) is 22.0. The molecular weight excluding hydrogens is 408 g/mol. The van der Waals surface area contributed by atoms with Crippen LogP contribution in [0.15, 0.2) is 42.5 Å². The van der Waals surface area contributed by atoms with Gasteiger partial charge in [-0.2, -0.15) is 0 Å². The Labute approximate surface area is 188 Å². The molecule has 1 aliphatic carbocycles. The van der Waals surface area contributed by atoms with E-state index >= 15 is 0 Å². The molecule has 1 aliphatic heterocycles. The van der Waals surface area contributed by atoms with E-state index < -0.39 is 6.10 Å². The highest BCUT2D eigenvalue weighted by atomic mass is 16.5. The molecule has 1 saturated carbocycles. The van der Waals surface area contributed by atoms with Crippen molar-refractivity contribution in [2.45, 2.75) is 57.8 Å². The van der Waals surface area contributed by atoms with E-state index in [0.29, 0.717) is 30.3 Å². The number of hydrogen-bond acceptors (Lipinski definition) is 5. The average molecular weight is 439 g/mol. The topological polar surface area (TPSA) is 77.1 Å². The van der Waals surface area contributed by atoms with Gasteiger partial charge in [0.05, 0.1) is 18.9 Å². The summed E-state index contributed by atoms with van der Waals surface area (Å²) < 4.78 is 17.2. The molecule has 2 amide bonds. The molecule has 7 nitrogen and oxygen atoms in total. The second-order valence-corrected chi connectivity index (χ2v) is 8.25. The molecule has 0 bridgehead atoms. The van der Waals surface area contributed by atoms with Crippen LogP contribution >= 0.6 is 0 Å². The molecule has 32 heavy (non-hydrogen) atoms. The highest BCUT2D eigenvalue weighted by molar-refractivity contribution is 6.00. The third kappa shape index (κ3) is 4.98. The lowest BCUT2D eigenvalue weighted by Crippen LogP contribution is -2.45. The normalized spacial score (nSPS) is 18.1. The maximum Gasteiger partial charge on any atom is 0.267 e. The Morgan fingerprint density at radius 3 is 2.72 bits per heavy atom. The number of anilines is 1. The zero-order valence-electron chi connectivity index (χ0n) is 18.6. The predicted molar refractivity (Wildman–Crippen MR) is 121 cm³/mol. The van der Waals surface area contributed by atoms with Gasteiger partial charge in [-0.05, 0) is 62.4 Å². The summed E-state index contributed by atoms with van der Waals surface area (Å²) in [6.07, 6.45) is 4.46. The van der Waals surface area contributed by atoms with Gasteiger partial charge in [-0.1, -0.05) is 18.2 Å². The summed E-state index contributed by atoms with van der Waals surface area (Å²) in [4.78, 5) is 26.7. The van der Waals surface area contributed by atoms with Gasteiger partial charge in [0, 0.05) is 19.5 Å². The highest BCUT2D eigenvalue weighted by Gasteiger charge is 2.31. The van der Waals surface area contributed by atoms with Gasteiger partial charge in [-0.25, -0.2) is 0 Å². The van der Waals surface area contributed by atoms with Crippen molar-refractivity contribution in [2.24, 2.45) is 0 Å². The van der Waals surface area contributed by atoms with Gasteiger partial charge in [-0.15, -0.1) is 0 Å². The summed E-state index contributed by atoms with van der Waals surface area (Å²) in [6, 6.07) is 13.1. The van der Waals surface area contributed by atoms with Gasteiger partial charge in [0.25, 0.3) is 5.91 Å². The van der Waals surface area contributed by atoms with Crippen LogP contribution in [0.3, 0.4) is 0 Å². The fourth-order valence-corrected chi connectivity index (χ4v) is 4.20. The van der Waals surface area contributed by atoms with Gasteiger partial charge in [-0.3, -0.25) is 9.59 Å². The maximum atomic E-state index is 12.5.